The van der Waals surface area contributed by atoms with Crippen LogP contribution in [0.2, 0.25) is 0 Å². The molecule has 0 fully saturated rings. The Morgan fingerprint density at radius 1 is 1.15 bits per heavy atom. The number of fused-ring (bicyclic) bond motifs is 1. The molecule has 2 aromatic heterocycles. The fraction of sp³-hybridized carbons (Fsp3) is 0.389. The van der Waals surface area contributed by atoms with Crippen LogP contribution in [0.1, 0.15) is 35.8 Å². The first kappa shape index (κ1) is 17.5. The highest BCUT2D eigenvalue weighted by Gasteiger charge is 2.15. The predicted octanol–water partition coefficient (Wildman–Crippen LogP) is 4.47. The SMILES string of the molecule is Fc1ccc(OCc2nc(CSc3nnc4n3CCCCC4)cs2)cc1. The zero-order valence-electron chi connectivity index (χ0n) is 14.2. The summed E-state index contributed by atoms with van der Waals surface area (Å²) in [4.78, 5) is 4.61. The molecule has 26 heavy (non-hydrogen) atoms. The van der Waals surface area contributed by atoms with Crippen LogP contribution in [-0.2, 0) is 25.3 Å². The van der Waals surface area contributed by atoms with Crippen molar-refractivity contribution < 1.29 is 9.13 Å². The molecule has 0 aliphatic carbocycles. The van der Waals surface area contributed by atoms with E-state index >= 15 is 0 Å². The molecule has 0 spiro atoms. The van der Waals surface area contributed by atoms with Crippen molar-refractivity contribution in [3.05, 3.63) is 52.0 Å². The number of hydrogen-bond donors (Lipinski definition) is 0. The molecule has 0 N–H and O–H groups in total. The number of thiazole rings is 1. The van der Waals surface area contributed by atoms with Crippen molar-refractivity contribution in [2.45, 2.75) is 49.7 Å². The topological polar surface area (TPSA) is 52.8 Å². The van der Waals surface area contributed by atoms with Crippen molar-refractivity contribution in [3.63, 3.8) is 0 Å². The lowest BCUT2D eigenvalue weighted by atomic mass is 10.2. The summed E-state index contributed by atoms with van der Waals surface area (Å²) in [7, 11) is 0. The third-order valence-corrected chi connectivity index (χ3v) is 6.07. The minimum absolute atomic E-state index is 0.266. The largest absolute Gasteiger partial charge is 0.486 e. The predicted molar refractivity (Wildman–Crippen MR) is 100.0 cm³/mol. The Hall–Kier alpha value is -1.93. The third kappa shape index (κ3) is 4.24. The number of halogens is 1. The summed E-state index contributed by atoms with van der Waals surface area (Å²) >= 11 is 3.26. The number of ether oxygens (including phenoxy) is 1. The van der Waals surface area contributed by atoms with E-state index in [-0.39, 0.29) is 5.82 Å². The van der Waals surface area contributed by atoms with Crippen molar-refractivity contribution in [2.75, 3.05) is 0 Å². The van der Waals surface area contributed by atoms with Crippen LogP contribution in [0.5, 0.6) is 5.75 Å². The summed E-state index contributed by atoms with van der Waals surface area (Å²) in [6, 6.07) is 6.02. The van der Waals surface area contributed by atoms with Crippen LogP contribution >= 0.6 is 23.1 Å². The minimum atomic E-state index is -0.266. The van der Waals surface area contributed by atoms with Crippen LogP contribution in [-0.4, -0.2) is 19.7 Å². The molecule has 1 aliphatic rings. The quantitative estimate of drug-likeness (QED) is 0.581. The number of aryl methyl sites for hydroxylation is 1. The summed E-state index contributed by atoms with van der Waals surface area (Å²) in [5.74, 6) is 2.25. The maximum absolute atomic E-state index is 12.9. The van der Waals surface area contributed by atoms with Gasteiger partial charge in [0.25, 0.3) is 0 Å². The van der Waals surface area contributed by atoms with Gasteiger partial charge in [-0.25, -0.2) is 9.37 Å². The van der Waals surface area contributed by atoms with Gasteiger partial charge in [0.15, 0.2) is 5.16 Å². The first-order valence-electron chi connectivity index (χ1n) is 8.64. The minimum Gasteiger partial charge on any atom is -0.486 e. The highest BCUT2D eigenvalue weighted by atomic mass is 32.2. The monoisotopic (exact) mass is 390 g/mol. The van der Waals surface area contributed by atoms with Gasteiger partial charge >= 0.3 is 0 Å². The zero-order valence-corrected chi connectivity index (χ0v) is 15.9. The van der Waals surface area contributed by atoms with Gasteiger partial charge in [-0.3, -0.25) is 0 Å². The maximum atomic E-state index is 12.9. The fourth-order valence-corrected chi connectivity index (χ4v) is 4.55. The second-order valence-electron chi connectivity index (χ2n) is 6.12. The lowest BCUT2D eigenvalue weighted by Crippen LogP contribution is -2.02. The number of nitrogens with zero attached hydrogens (tertiary/aromatic N) is 4. The molecule has 0 amide bonds. The summed E-state index contributed by atoms with van der Waals surface area (Å²) in [6.07, 6.45) is 4.68. The van der Waals surface area contributed by atoms with E-state index in [1.807, 2.05) is 0 Å². The lowest BCUT2D eigenvalue weighted by Gasteiger charge is -2.05. The third-order valence-electron chi connectivity index (χ3n) is 4.20. The van der Waals surface area contributed by atoms with Gasteiger partial charge in [-0.15, -0.1) is 21.5 Å². The lowest BCUT2D eigenvalue weighted by molar-refractivity contribution is 0.305. The Morgan fingerprint density at radius 3 is 2.92 bits per heavy atom. The standard InChI is InChI=1S/C18H19FN4OS2/c19-13-5-7-15(8-6-13)24-10-17-20-14(11-25-17)12-26-18-22-21-16-4-2-1-3-9-23(16)18/h5-8,11H,1-4,9-10,12H2. The Kier molecular flexibility index (Phi) is 5.50. The number of hydrogen-bond acceptors (Lipinski definition) is 6. The van der Waals surface area contributed by atoms with E-state index in [0.29, 0.717) is 12.4 Å². The average molecular weight is 391 g/mol. The summed E-state index contributed by atoms with van der Waals surface area (Å²) in [5, 5.41) is 12.6. The molecule has 8 heteroatoms. The molecule has 0 atom stereocenters. The molecule has 136 valence electrons. The molecule has 0 unspecified atom stereocenters. The van der Waals surface area contributed by atoms with Gasteiger partial charge in [-0.2, -0.15) is 0 Å². The molecule has 4 rings (SSSR count). The van der Waals surface area contributed by atoms with E-state index in [1.165, 1.54) is 31.4 Å². The van der Waals surface area contributed by atoms with Gasteiger partial charge in [0.2, 0.25) is 0 Å². The van der Waals surface area contributed by atoms with Gasteiger partial charge in [0.05, 0.1) is 5.69 Å². The van der Waals surface area contributed by atoms with Crippen LogP contribution in [0.25, 0.3) is 0 Å². The Balaban J connectivity index is 1.32. The smallest absolute Gasteiger partial charge is 0.191 e. The van der Waals surface area contributed by atoms with Crippen LogP contribution in [0.15, 0.2) is 34.8 Å². The second kappa shape index (κ2) is 8.18. The summed E-state index contributed by atoms with van der Waals surface area (Å²) in [5.41, 5.74) is 1.02. The Morgan fingerprint density at radius 2 is 2.04 bits per heavy atom. The summed E-state index contributed by atoms with van der Waals surface area (Å²) < 4.78 is 20.8. The molecule has 1 aliphatic heterocycles. The number of aromatic nitrogens is 4. The van der Waals surface area contributed by atoms with Crippen LogP contribution < -0.4 is 4.74 Å². The molecule has 0 bridgehead atoms. The van der Waals surface area contributed by atoms with E-state index in [4.69, 9.17) is 4.74 Å². The zero-order chi connectivity index (χ0) is 17.8. The molecule has 5 nitrogen and oxygen atoms in total. The molecule has 3 aromatic rings. The van der Waals surface area contributed by atoms with Gasteiger partial charge < -0.3 is 9.30 Å². The van der Waals surface area contributed by atoms with Crippen molar-refractivity contribution in [1.29, 1.82) is 0 Å². The van der Waals surface area contributed by atoms with Crippen molar-refractivity contribution in [1.82, 2.24) is 19.7 Å². The number of thioether (sulfide) groups is 1. The van der Waals surface area contributed by atoms with Crippen molar-refractivity contribution >= 4 is 23.1 Å². The molecular weight excluding hydrogens is 371 g/mol. The van der Waals surface area contributed by atoms with Gasteiger partial charge in [0, 0.05) is 24.1 Å². The summed E-state index contributed by atoms with van der Waals surface area (Å²) in [6.45, 7) is 1.40. The average Bonchev–Trinajstić information content (AvgIpc) is 3.19. The van der Waals surface area contributed by atoms with E-state index < -0.39 is 0 Å². The second-order valence-corrected chi connectivity index (χ2v) is 8.01. The van der Waals surface area contributed by atoms with Gasteiger partial charge in [0.1, 0.15) is 29.0 Å². The van der Waals surface area contributed by atoms with E-state index in [9.17, 15) is 4.39 Å². The van der Waals surface area contributed by atoms with Crippen LogP contribution in [0, 0.1) is 5.82 Å². The molecule has 0 saturated carbocycles. The first-order chi connectivity index (χ1) is 12.8. The van der Waals surface area contributed by atoms with Crippen molar-refractivity contribution in [3.8, 4) is 5.75 Å². The van der Waals surface area contributed by atoms with Gasteiger partial charge in [-0.05, 0) is 37.1 Å². The van der Waals surface area contributed by atoms with Crippen LogP contribution in [0.4, 0.5) is 4.39 Å². The van der Waals surface area contributed by atoms with E-state index in [1.54, 1.807) is 35.2 Å². The normalized spacial score (nSPS) is 14.0. The first-order valence-corrected chi connectivity index (χ1v) is 10.5. The Bertz CT molecular complexity index is 862. The molecule has 0 radical (unpaired) electrons. The van der Waals surface area contributed by atoms with E-state index in [0.717, 1.165) is 40.4 Å². The molecule has 3 heterocycles. The highest BCUT2D eigenvalue weighted by Crippen LogP contribution is 2.25. The van der Waals surface area contributed by atoms with Crippen molar-refractivity contribution in [2.24, 2.45) is 0 Å². The Labute approximate surface area is 159 Å². The maximum Gasteiger partial charge on any atom is 0.191 e. The molecule has 1 aromatic carbocycles. The van der Waals surface area contributed by atoms with Crippen LogP contribution in [0.3, 0.4) is 0 Å². The highest BCUT2D eigenvalue weighted by molar-refractivity contribution is 7.98. The number of rotatable bonds is 6. The van der Waals surface area contributed by atoms with Gasteiger partial charge in [-0.1, -0.05) is 18.2 Å². The fourth-order valence-electron chi connectivity index (χ4n) is 2.86. The molecule has 0 saturated heterocycles. The van der Waals surface area contributed by atoms with E-state index in [2.05, 4.69) is 25.1 Å². The number of benzene rings is 1. The molecular formula is C18H19FN4OS2.